The van der Waals surface area contributed by atoms with Crippen LogP contribution in [0.15, 0.2) is 163 Å². The fraction of sp³-hybridized carbons (Fsp3) is 0. The van der Waals surface area contributed by atoms with Crippen LogP contribution in [0.5, 0.6) is 0 Å². The van der Waals surface area contributed by atoms with Crippen LogP contribution < -0.4 is 4.90 Å². The summed E-state index contributed by atoms with van der Waals surface area (Å²) >= 11 is 0. The van der Waals surface area contributed by atoms with Crippen LogP contribution >= 0.6 is 0 Å². The molecule has 184 valence electrons. The number of hydrogen-bond acceptors (Lipinski definition) is 1. The third-order valence-corrected chi connectivity index (χ3v) is 5.98. The summed E-state index contributed by atoms with van der Waals surface area (Å²) in [5.41, 5.74) is -3.92. The van der Waals surface area contributed by atoms with E-state index in [0.717, 1.165) is 5.39 Å². The molecule has 0 aliphatic carbocycles. The number of hydrogen-bond donors (Lipinski definition) is 0. The van der Waals surface area contributed by atoms with Gasteiger partial charge in [-0.05, 0) is 74.7 Å². The van der Waals surface area contributed by atoms with E-state index in [1.807, 2.05) is 6.07 Å². The van der Waals surface area contributed by atoms with Crippen molar-refractivity contribution in [3.63, 3.8) is 0 Å². The molecular formula is C38H27N. The Morgan fingerprint density at radius 3 is 2.00 bits per heavy atom. The highest BCUT2D eigenvalue weighted by Gasteiger charge is 2.16. The fourth-order valence-corrected chi connectivity index (χ4v) is 4.15. The number of nitrogens with zero attached hydrogens (tertiary/aromatic N) is 1. The van der Waals surface area contributed by atoms with Gasteiger partial charge in [0.1, 0.15) is 0 Å². The lowest BCUT2D eigenvalue weighted by atomic mass is 10.00. The van der Waals surface area contributed by atoms with Gasteiger partial charge in [0.15, 0.2) is 0 Å². The highest BCUT2D eigenvalue weighted by Crippen LogP contribution is 2.40. The Kier molecular flexibility index (Phi) is 2.61. The maximum atomic E-state index is 9.61. The van der Waals surface area contributed by atoms with Gasteiger partial charge < -0.3 is 4.90 Å². The largest absolute Gasteiger partial charge is 0.310 e. The Labute approximate surface area is 257 Å². The summed E-state index contributed by atoms with van der Waals surface area (Å²) in [6.45, 7) is 0. The minimum Gasteiger partial charge on any atom is -0.310 e. The first-order chi connectivity index (χ1) is 27.7. The van der Waals surface area contributed by atoms with E-state index in [1.54, 1.807) is 36.4 Å². The van der Waals surface area contributed by atoms with Crippen molar-refractivity contribution < 1.29 is 27.4 Å². The fourth-order valence-electron chi connectivity index (χ4n) is 4.15. The molecule has 0 aromatic heterocycles. The minimum atomic E-state index is -1.05. The van der Waals surface area contributed by atoms with Crippen molar-refractivity contribution in [1.82, 2.24) is 0 Å². The van der Waals surface area contributed by atoms with E-state index >= 15 is 0 Å². The number of anilines is 3. The second kappa shape index (κ2) is 9.96. The van der Waals surface area contributed by atoms with E-state index in [4.69, 9.17) is 20.6 Å². The third-order valence-electron chi connectivity index (χ3n) is 5.98. The van der Waals surface area contributed by atoms with Crippen LogP contribution in [0.4, 0.5) is 17.1 Å². The standard InChI is InChI=1S/C38H27N/c1-2-10-28(11-3-1)30-22-24-35(25-23-30)39(38-19-9-15-31-13-6-7-18-37(31)38)36-17-8-16-33(27-36)34-21-20-29-12-4-5-14-32(29)26-34/h1-27H/i1D,2D,3D,6D,7D,8D,9D,10D,11D,13D,15D,16D,17D,18D,19D,22D,23D,24D,25D,27D. The zero-order valence-electron chi connectivity index (χ0n) is 40.0. The number of benzene rings is 7. The van der Waals surface area contributed by atoms with E-state index in [0.29, 0.717) is 10.3 Å². The molecule has 39 heavy (non-hydrogen) atoms. The molecule has 0 amide bonds. The summed E-state index contributed by atoms with van der Waals surface area (Å²) < 4.78 is 176. The molecule has 7 rings (SSSR count). The molecule has 0 heterocycles. The minimum absolute atomic E-state index is 0.199. The molecule has 0 N–H and O–H groups in total. The number of rotatable bonds is 5. The molecule has 0 atom stereocenters. The summed E-state index contributed by atoms with van der Waals surface area (Å²) in [5.74, 6) is 0. The second-order valence-electron chi connectivity index (χ2n) is 8.32. The molecule has 0 aliphatic heterocycles. The van der Waals surface area contributed by atoms with Gasteiger partial charge in [0.2, 0.25) is 0 Å². The third kappa shape index (κ3) is 4.45. The van der Waals surface area contributed by atoms with E-state index in [1.165, 1.54) is 0 Å². The van der Waals surface area contributed by atoms with Gasteiger partial charge in [0, 0.05) is 16.8 Å². The van der Waals surface area contributed by atoms with Crippen LogP contribution in [0.25, 0.3) is 43.8 Å². The summed E-state index contributed by atoms with van der Waals surface area (Å²) in [5, 5.41) is 0.201. The lowest BCUT2D eigenvalue weighted by Gasteiger charge is -2.27. The monoisotopic (exact) mass is 517 g/mol. The Morgan fingerprint density at radius 2 is 1.13 bits per heavy atom. The smallest absolute Gasteiger partial charge is 0.0651 e. The van der Waals surface area contributed by atoms with E-state index in [9.17, 15) is 6.85 Å². The van der Waals surface area contributed by atoms with Gasteiger partial charge in [-0.25, -0.2) is 0 Å². The first-order valence-electron chi connectivity index (χ1n) is 21.7. The quantitative estimate of drug-likeness (QED) is 0.219. The molecule has 0 spiro atoms. The molecule has 7 aromatic carbocycles. The molecule has 1 nitrogen and oxygen atoms in total. The molecule has 0 fully saturated rings. The zero-order chi connectivity index (χ0) is 43.4. The van der Waals surface area contributed by atoms with Crippen LogP contribution in [0.2, 0.25) is 0 Å². The molecule has 7 aromatic rings. The average Bonchev–Trinajstić information content (AvgIpc) is 3.21. The first-order valence-corrected chi connectivity index (χ1v) is 11.7. The Balaban J connectivity index is 1.72. The molecule has 0 aliphatic rings. The first kappa shape index (κ1) is 10.2. The molecule has 1 heteroatoms. The molecule has 0 bridgehead atoms. The van der Waals surface area contributed by atoms with Crippen molar-refractivity contribution in [2.24, 2.45) is 0 Å². The van der Waals surface area contributed by atoms with Gasteiger partial charge in [-0.3, -0.25) is 0 Å². The predicted octanol–water partition coefficient (Wildman–Crippen LogP) is 10.8. The van der Waals surface area contributed by atoms with Gasteiger partial charge in [0.05, 0.1) is 33.1 Å². The molecule has 0 radical (unpaired) electrons. The summed E-state index contributed by atoms with van der Waals surface area (Å²) in [6.07, 6.45) is 0. The van der Waals surface area contributed by atoms with Crippen molar-refractivity contribution in [2.75, 3.05) is 4.90 Å². The SMILES string of the molecule is [2H]c1c([2H])c([2H])c(-c2c([2H])c([2H])c(N(c3c([2H])c([2H])c([2H])c(-c4ccc5ccccc5c4)c3[2H])c3c([2H])c([2H])c([2H])c4c([2H])c([2H])c([2H])c([2H])c34)c([2H])c2[2H])c([2H])c1[2H]. The topological polar surface area (TPSA) is 3.24 Å². The van der Waals surface area contributed by atoms with E-state index in [2.05, 4.69) is 0 Å². The molecular weight excluding hydrogens is 470 g/mol. The van der Waals surface area contributed by atoms with Crippen molar-refractivity contribution in [1.29, 1.82) is 0 Å². The highest BCUT2D eigenvalue weighted by molar-refractivity contribution is 5.99. The predicted molar refractivity (Wildman–Crippen MR) is 167 cm³/mol. The Bertz CT molecular complexity index is 2950. The normalized spacial score (nSPS) is 18.3. The van der Waals surface area contributed by atoms with Crippen molar-refractivity contribution >= 4 is 38.6 Å². The van der Waals surface area contributed by atoms with Crippen molar-refractivity contribution in [2.45, 2.75) is 0 Å². The van der Waals surface area contributed by atoms with Crippen LogP contribution in [0, 0.1) is 0 Å². The lowest BCUT2D eigenvalue weighted by Crippen LogP contribution is -2.10. The van der Waals surface area contributed by atoms with Gasteiger partial charge in [-0.15, -0.1) is 0 Å². The van der Waals surface area contributed by atoms with Crippen LogP contribution in [0.3, 0.4) is 0 Å². The van der Waals surface area contributed by atoms with E-state index in [-0.39, 0.29) is 11.1 Å². The maximum absolute atomic E-state index is 9.61. The van der Waals surface area contributed by atoms with Gasteiger partial charge in [0.25, 0.3) is 0 Å². The summed E-state index contributed by atoms with van der Waals surface area (Å²) in [6, 6.07) is -5.43. The van der Waals surface area contributed by atoms with Gasteiger partial charge in [-0.1, -0.05) is 127 Å². The molecule has 0 saturated carbocycles. The lowest BCUT2D eigenvalue weighted by molar-refractivity contribution is 1.30. The average molecular weight is 518 g/mol. The number of fused-ring (bicyclic) bond motifs is 2. The van der Waals surface area contributed by atoms with Crippen LogP contribution in [-0.4, -0.2) is 0 Å². The molecule has 0 saturated heterocycles. The summed E-state index contributed by atoms with van der Waals surface area (Å²) in [7, 11) is 0. The van der Waals surface area contributed by atoms with Crippen LogP contribution in [0.1, 0.15) is 27.4 Å². The van der Waals surface area contributed by atoms with Crippen molar-refractivity contribution in [3.05, 3.63) is 163 Å². The van der Waals surface area contributed by atoms with Gasteiger partial charge >= 0.3 is 0 Å². The summed E-state index contributed by atoms with van der Waals surface area (Å²) in [4.78, 5) is 0.627. The van der Waals surface area contributed by atoms with E-state index < -0.39 is 160 Å². The van der Waals surface area contributed by atoms with Crippen molar-refractivity contribution in [3.8, 4) is 22.3 Å². The highest BCUT2D eigenvalue weighted by atomic mass is 15.1. The van der Waals surface area contributed by atoms with Crippen LogP contribution in [-0.2, 0) is 0 Å². The maximum Gasteiger partial charge on any atom is 0.0651 e. The Hall–Kier alpha value is -5.14. The second-order valence-corrected chi connectivity index (χ2v) is 8.32. The zero-order valence-corrected chi connectivity index (χ0v) is 20.0. The molecule has 0 unspecified atom stereocenters. The Morgan fingerprint density at radius 1 is 0.436 bits per heavy atom. The van der Waals surface area contributed by atoms with Gasteiger partial charge in [-0.2, -0.15) is 0 Å².